The van der Waals surface area contributed by atoms with Crippen molar-refractivity contribution in [2.45, 2.75) is 46.3 Å². The van der Waals surface area contributed by atoms with Gasteiger partial charge < -0.3 is 15.0 Å². The molecule has 0 rings (SSSR count). The van der Waals surface area contributed by atoms with Gasteiger partial charge in [-0.2, -0.15) is 0 Å². The zero-order valence-corrected chi connectivity index (χ0v) is 7.66. The number of carbonyl (C=O) groups is 1. The third-order valence-electron chi connectivity index (χ3n) is 1.20. The standard InChI is InChI=1S/C4H10O2.C4H8O/c1-3(5)4(2)6;1-3-4(2)5/h3-6H,1-2H3;3H2,1-2H3. The molecule has 0 saturated heterocycles. The Morgan fingerprint density at radius 2 is 1.45 bits per heavy atom. The highest BCUT2D eigenvalue weighted by Gasteiger charge is 1.99. The zero-order valence-electron chi connectivity index (χ0n) is 7.66. The summed E-state index contributed by atoms with van der Waals surface area (Å²) >= 11 is 0. The van der Waals surface area contributed by atoms with Gasteiger partial charge >= 0.3 is 0 Å². The van der Waals surface area contributed by atoms with E-state index in [9.17, 15) is 4.79 Å². The lowest BCUT2D eigenvalue weighted by Gasteiger charge is -2.03. The second-order valence-corrected chi connectivity index (χ2v) is 2.54. The average molecular weight is 162 g/mol. The summed E-state index contributed by atoms with van der Waals surface area (Å²) in [4.78, 5) is 9.81. The first kappa shape index (κ1) is 13.2. The Morgan fingerprint density at radius 3 is 1.45 bits per heavy atom. The van der Waals surface area contributed by atoms with Gasteiger partial charge in [0.05, 0.1) is 12.2 Å². The SMILES string of the molecule is CC(O)C(C)O.CCC(C)=O. The predicted octanol–water partition coefficient (Wildman–Crippen LogP) is 0.733. The minimum absolute atomic E-state index is 0.255. The maximum atomic E-state index is 9.81. The van der Waals surface area contributed by atoms with Crippen LogP contribution in [0.3, 0.4) is 0 Å². The van der Waals surface area contributed by atoms with Crippen molar-refractivity contribution in [3.63, 3.8) is 0 Å². The van der Waals surface area contributed by atoms with Gasteiger partial charge in [-0.25, -0.2) is 0 Å². The second-order valence-electron chi connectivity index (χ2n) is 2.54. The van der Waals surface area contributed by atoms with E-state index < -0.39 is 12.2 Å². The van der Waals surface area contributed by atoms with Gasteiger partial charge in [0.2, 0.25) is 0 Å². The maximum absolute atomic E-state index is 9.81. The second kappa shape index (κ2) is 7.69. The molecule has 68 valence electrons. The summed E-state index contributed by atoms with van der Waals surface area (Å²) in [6.07, 6.45) is -0.519. The fourth-order valence-corrected chi connectivity index (χ4v) is 0. The van der Waals surface area contributed by atoms with E-state index in [0.29, 0.717) is 6.42 Å². The van der Waals surface area contributed by atoms with Crippen LogP contribution in [0.25, 0.3) is 0 Å². The lowest BCUT2D eigenvalue weighted by molar-refractivity contribution is -0.116. The predicted molar refractivity (Wildman–Crippen MR) is 44.3 cm³/mol. The molecule has 0 fully saturated rings. The number of aliphatic hydroxyl groups excluding tert-OH is 2. The van der Waals surface area contributed by atoms with Gasteiger partial charge in [-0.1, -0.05) is 6.92 Å². The Kier molecular flexibility index (Phi) is 9.23. The van der Waals surface area contributed by atoms with Gasteiger partial charge in [0, 0.05) is 6.42 Å². The van der Waals surface area contributed by atoms with E-state index in [1.54, 1.807) is 20.8 Å². The molecule has 0 aromatic carbocycles. The number of carbonyl (C=O) groups excluding carboxylic acids is 1. The van der Waals surface area contributed by atoms with Gasteiger partial charge in [0.25, 0.3) is 0 Å². The minimum atomic E-state index is -0.593. The Labute approximate surface area is 68.0 Å². The molecule has 0 aliphatic carbocycles. The largest absolute Gasteiger partial charge is 0.391 e. The highest BCUT2D eigenvalue weighted by molar-refractivity contribution is 5.74. The molecule has 0 aliphatic rings. The van der Waals surface area contributed by atoms with Crippen LogP contribution in [-0.4, -0.2) is 28.2 Å². The number of hydrogen-bond acceptors (Lipinski definition) is 3. The third kappa shape index (κ3) is 17.7. The summed E-state index contributed by atoms with van der Waals surface area (Å²) in [5.41, 5.74) is 0. The normalized spacial score (nSPS) is 14.4. The van der Waals surface area contributed by atoms with E-state index in [-0.39, 0.29) is 5.78 Å². The maximum Gasteiger partial charge on any atom is 0.129 e. The van der Waals surface area contributed by atoms with E-state index in [1.807, 2.05) is 6.92 Å². The molecule has 2 N–H and O–H groups in total. The van der Waals surface area contributed by atoms with Gasteiger partial charge in [0.15, 0.2) is 0 Å². The zero-order chi connectivity index (χ0) is 9.44. The summed E-state index contributed by atoms with van der Waals surface area (Å²) in [6.45, 7) is 6.53. The van der Waals surface area contributed by atoms with Crippen molar-refractivity contribution in [2.75, 3.05) is 0 Å². The molecule has 0 amide bonds. The van der Waals surface area contributed by atoms with Crippen LogP contribution in [0, 0.1) is 0 Å². The molecule has 0 heterocycles. The summed E-state index contributed by atoms with van der Waals surface area (Å²) < 4.78 is 0. The van der Waals surface area contributed by atoms with Gasteiger partial charge in [-0.15, -0.1) is 0 Å². The van der Waals surface area contributed by atoms with Crippen molar-refractivity contribution in [1.82, 2.24) is 0 Å². The van der Waals surface area contributed by atoms with Crippen molar-refractivity contribution in [1.29, 1.82) is 0 Å². The molecule has 2 unspecified atom stereocenters. The van der Waals surface area contributed by atoms with E-state index in [1.165, 1.54) is 0 Å². The average Bonchev–Trinajstić information content (AvgIpc) is 1.89. The van der Waals surface area contributed by atoms with Crippen LogP contribution in [0.15, 0.2) is 0 Å². The molecule has 0 aromatic heterocycles. The number of Topliss-reactive ketones (excluding diaryl/α,β-unsaturated/α-hetero) is 1. The monoisotopic (exact) mass is 162 g/mol. The first-order valence-corrected chi connectivity index (χ1v) is 3.77. The number of hydrogen-bond donors (Lipinski definition) is 2. The van der Waals surface area contributed by atoms with E-state index in [4.69, 9.17) is 10.2 Å². The fraction of sp³-hybridized carbons (Fsp3) is 0.875. The summed E-state index contributed by atoms with van der Waals surface area (Å²) in [5.74, 6) is 0.255. The summed E-state index contributed by atoms with van der Waals surface area (Å²) in [7, 11) is 0. The van der Waals surface area contributed by atoms with Crippen LogP contribution < -0.4 is 0 Å². The fourth-order valence-electron chi connectivity index (χ4n) is 0. The topological polar surface area (TPSA) is 57.5 Å². The molecule has 0 bridgehead atoms. The highest BCUT2D eigenvalue weighted by Crippen LogP contribution is 1.85. The van der Waals surface area contributed by atoms with Crippen LogP contribution >= 0.6 is 0 Å². The molecular formula is C8H18O3. The molecule has 2 atom stereocenters. The Bertz CT molecular complexity index is 91.5. The molecule has 0 saturated carbocycles. The molecule has 0 spiro atoms. The van der Waals surface area contributed by atoms with Gasteiger partial charge in [-0.3, -0.25) is 0 Å². The van der Waals surface area contributed by atoms with Crippen molar-refractivity contribution in [3.05, 3.63) is 0 Å². The van der Waals surface area contributed by atoms with Crippen LogP contribution in [0.4, 0.5) is 0 Å². The molecule has 11 heavy (non-hydrogen) atoms. The van der Waals surface area contributed by atoms with Crippen molar-refractivity contribution < 1.29 is 15.0 Å². The van der Waals surface area contributed by atoms with E-state index in [2.05, 4.69) is 0 Å². The molecular weight excluding hydrogens is 144 g/mol. The van der Waals surface area contributed by atoms with E-state index >= 15 is 0 Å². The van der Waals surface area contributed by atoms with Crippen LogP contribution in [0.2, 0.25) is 0 Å². The lowest BCUT2D eigenvalue weighted by Crippen LogP contribution is -2.17. The molecule has 3 nitrogen and oxygen atoms in total. The third-order valence-corrected chi connectivity index (χ3v) is 1.20. The van der Waals surface area contributed by atoms with Crippen LogP contribution in [0.5, 0.6) is 0 Å². The smallest absolute Gasteiger partial charge is 0.129 e. The quantitative estimate of drug-likeness (QED) is 0.629. The number of aliphatic hydroxyl groups is 2. The highest BCUT2D eigenvalue weighted by atomic mass is 16.3. The molecule has 3 heteroatoms. The molecule has 0 radical (unpaired) electrons. The lowest BCUT2D eigenvalue weighted by atomic mass is 10.3. The van der Waals surface area contributed by atoms with E-state index in [0.717, 1.165) is 0 Å². The van der Waals surface area contributed by atoms with Gasteiger partial charge in [0.1, 0.15) is 5.78 Å². The first-order chi connectivity index (χ1) is 4.91. The Morgan fingerprint density at radius 1 is 1.27 bits per heavy atom. The Hall–Kier alpha value is -0.410. The first-order valence-electron chi connectivity index (χ1n) is 3.77. The minimum Gasteiger partial charge on any atom is -0.391 e. The summed E-state index contributed by atoms with van der Waals surface area (Å²) in [6, 6.07) is 0. The van der Waals surface area contributed by atoms with Crippen molar-refractivity contribution in [2.24, 2.45) is 0 Å². The Balaban J connectivity index is 0. The molecule has 0 aromatic rings. The van der Waals surface area contributed by atoms with Crippen molar-refractivity contribution >= 4 is 5.78 Å². The number of ketones is 1. The van der Waals surface area contributed by atoms with Crippen LogP contribution in [0.1, 0.15) is 34.1 Å². The summed E-state index contributed by atoms with van der Waals surface area (Å²) in [5, 5.41) is 16.8. The van der Waals surface area contributed by atoms with Gasteiger partial charge in [-0.05, 0) is 20.8 Å². The van der Waals surface area contributed by atoms with Crippen LogP contribution in [-0.2, 0) is 4.79 Å². The van der Waals surface area contributed by atoms with Crippen molar-refractivity contribution in [3.8, 4) is 0 Å². The number of rotatable bonds is 2. The molecule has 0 aliphatic heterocycles.